The van der Waals surface area contributed by atoms with Gasteiger partial charge in [0.15, 0.2) is 0 Å². The molecule has 2 N–H and O–H groups in total. The number of fused-ring (bicyclic) bond motifs is 3. The van der Waals surface area contributed by atoms with Gasteiger partial charge in [0.25, 0.3) is 0 Å². The van der Waals surface area contributed by atoms with Crippen LogP contribution in [0.1, 0.15) is 62.5 Å². The molecule has 2 aromatic carbocycles. The Morgan fingerprint density at radius 2 is 1.62 bits per heavy atom. The Kier molecular flexibility index (Phi) is 7.20. The number of alkyl carbamates (subject to hydrolysis) is 1. The van der Waals surface area contributed by atoms with Crippen LogP contribution in [0, 0.1) is 0 Å². The molecule has 2 aliphatic rings. The quantitative estimate of drug-likeness (QED) is 0.568. The summed E-state index contributed by atoms with van der Waals surface area (Å²) < 4.78 is 5.72. The van der Waals surface area contributed by atoms with Crippen LogP contribution in [0.4, 0.5) is 4.79 Å². The maximum absolute atomic E-state index is 12.9. The van der Waals surface area contributed by atoms with Crippen LogP contribution in [-0.4, -0.2) is 53.2 Å². The fraction of sp³-hybridized carbons (Fsp3) is 0.444. The Morgan fingerprint density at radius 3 is 2.18 bits per heavy atom. The zero-order valence-corrected chi connectivity index (χ0v) is 19.6. The molecular formula is C27H32N2O5. The highest BCUT2D eigenvalue weighted by Gasteiger charge is 2.39. The van der Waals surface area contributed by atoms with Crippen LogP contribution in [-0.2, 0) is 14.3 Å². The molecule has 2 aromatic rings. The number of hydrogen-bond acceptors (Lipinski definition) is 4. The molecule has 7 nitrogen and oxygen atoms in total. The molecule has 1 saturated carbocycles. The standard InChI is InChI=1S/C27H32N2O5/c1-2-29(16-13-25(31)32)24(30)17-27(14-7-8-15-27)28-26(33)34-18-23-21-11-5-3-9-19(21)20-10-4-6-12-22(20)23/h3-6,9-12,23H,2,7-8,13-18H2,1H3,(H,28,33)(H,31,32). The van der Waals surface area contributed by atoms with Gasteiger partial charge in [-0.1, -0.05) is 61.4 Å². The molecule has 0 radical (unpaired) electrons. The number of hydrogen-bond donors (Lipinski definition) is 2. The monoisotopic (exact) mass is 464 g/mol. The van der Waals surface area contributed by atoms with Gasteiger partial charge in [-0.25, -0.2) is 4.79 Å². The number of carbonyl (C=O) groups is 3. The largest absolute Gasteiger partial charge is 0.481 e. The Balaban J connectivity index is 1.40. The van der Waals surface area contributed by atoms with E-state index in [0.717, 1.165) is 24.0 Å². The third-order valence-electron chi connectivity index (χ3n) is 7.09. The van der Waals surface area contributed by atoms with Gasteiger partial charge in [-0.3, -0.25) is 9.59 Å². The predicted octanol–water partition coefficient (Wildman–Crippen LogP) is 4.55. The Labute approximate surface area is 200 Å². The fourth-order valence-corrected chi connectivity index (χ4v) is 5.34. The minimum absolute atomic E-state index is 0.0223. The summed E-state index contributed by atoms with van der Waals surface area (Å²) in [6, 6.07) is 16.4. The maximum atomic E-state index is 12.9. The van der Waals surface area contributed by atoms with Gasteiger partial charge in [-0.15, -0.1) is 0 Å². The molecule has 0 unspecified atom stereocenters. The second kappa shape index (κ2) is 10.3. The molecule has 0 aromatic heterocycles. The van der Waals surface area contributed by atoms with Crippen molar-refractivity contribution in [3.8, 4) is 11.1 Å². The van der Waals surface area contributed by atoms with Crippen molar-refractivity contribution in [1.29, 1.82) is 0 Å². The number of ether oxygens (including phenoxy) is 1. The normalized spacial score (nSPS) is 15.9. The van der Waals surface area contributed by atoms with Crippen LogP contribution in [0.15, 0.2) is 48.5 Å². The minimum atomic E-state index is -0.932. The lowest BCUT2D eigenvalue weighted by atomic mass is 9.92. The van der Waals surface area contributed by atoms with Crippen LogP contribution in [0.3, 0.4) is 0 Å². The van der Waals surface area contributed by atoms with Crippen LogP contribution in [0.2, 0.25) is 0 Å². The zero-order valence-electron chi connectivity index (χ0n) is 19.6. The van der Waals surface area contributed by atoms with Crippen LogP contribution in [0.25, 0.3) is 11.1 Å². The second-order valence-corrected chi connectivity index (χ2v) is 9.23. The number of amides is 2. The van der Waals surface area contributed by atoms with Crippen molar-refractivity contribution < 1.29 is 24.2 Å². The molecule has 180 valence electrons. The third-order valence-corrected chi connectivity index (χ3v) is 7.09. The van der Waals surface area contributed by atoms with E-state index in [2.05, 4.69) is 29.6 Å². The number of benzene rings is 2. The number of carboxylic acid groups (broad SMARTS) is 1. The molecule has 0 aliphatic heterocycles. The van der Waals surface area contributed by atoms with Crippen LogP contribution < -0.4 is 5.32 Å². The average molecular weight is 465 g/mol. The summed E-state index contributed by atoms with van der Waals surface area (Å²) in [4.78, 5) is 38.3. The Hall–Kier alpha value is -3.35. The molecule has 0 atom stereocenters. The summed E-state index contributed by atoms with van der Waals surface area (Å²) in [5.41, 5.74) is 4.01. The fourth-order valence-electron chi connectivity index (χ4n) is 5.34. The first-order valence-electron chi connectivity index (χ1n) is 12.1. The lowest BCUT2D eigenvalue weighted by Crippen LogP contribution is -2.50. The number of carboxylic acids is 1. The predicted molar refractivity (Wildman–Crippen MR) is 129 cm³/mol. The van der Waals surface area contributed by atoms with Crippen LogP contribution >= 0.6 is 0 Å². The molecule has 2 aliphatic carbocycles. The van der Waals surface area contributed by atoms with Gasteiger partial charge in [0.1, 0.15) is 6.61 Å². The van der Waals surface area contributed by atoms with Gasteiger partial charge in [-0.05, 0) is 42.0 Å². The van der Waals surface area contributed by atoms with Crippen molar-refractivity contribution in [2.24, 2.45) is 0 Å². The first-order valence-corrected chi connectivity index (χ1v) is 12.1. The number of aliphatic carboxylic acids is 1. The SMILES string of the molecule is CCN(CCC(=O)O)C(=O)CC1(NC(=O)OCC2c3ccccc3-c3ccccc32)CCCC1. The molecule has 7 heteroatoms. The molecular weight excluding hydrogens is 432 g/mol. The highest BCUT2D eigenvalue weighted by Crippen LogP contribution is 2.44. The van der Waals surface area contributed by atoms with Gasteiger partial charge < -0.3 is 20.1 Å². The van der Waals surface area contributed by atoms with E-state index in [1.807, 2.05) is 31.2 Å². The number of rotatable bonds is 9. The lowest BCUT2D eigenvalue weighted by molar-refractivity contribution is -0.138. The van der Waals surface area contributed by atoms with E-state index >= 15 is 0 Å². The highest BCUT2D eigenvalue weighted by atomic mass is 16.5. The van der Waals surface area contributed by atoms with E-state index in [4.69, 9.17) is 9.84 Å². The summed E-state index contributed by atoms with van der Waals surface area (Å²) in [6.45, 7) is 2.67. The Morgan fingerprint density at radius 1 is 1.03 bits per heavy atom. The molecule has 0 saturated heterocycles. The minimum Gasteiger partial charge on any atom is -0.481 e. The molecule has 34 heavy (non-hydrogen) atoms. The summed E-state index contributed by atoms with van der Waals surface area (Å²) in [5, 5.41) is 12.0. The van der Waals surface area contributed by atoms with Crippen molar-refractivity contribution in [2.75, 3.05) is 19.7 Å². The number of carbonyl (C=O) groups excluding carboxylic acids is 2. The zero-order chi connectivity index (χ0) is 24.1. The second-order valence-electron chi connectivity index (χ2n) is 9.23. The summed E-state index contributed by atoms with van der Waals surface area (Å²) >= 11 is 0. The number of nitrogens with one attached hydrogen (secondary N) is 1. The van der Waals surface area contributed by atoms with E-state index in [0.29, 0.717) is 19.4 Å². The highest BCUT2D eigenvalue weighted by molar-refractivity contribution is 5.80. The van der Waals surface area contributed by atoms with E-state index in [-0.39, 0.29) is 37.8 Å². The van der Waals surface area contributed by atoms with Crippen molar-refractivity contribution in [3.63, 3.8) is 0 Å². The van der Waals surface area contributed by atoms with Gasteiger partial charge in [0.05, 0.1) is 18.4 Å². The van der Waals surface area contributed by atoms with Gasteiger partial charge in [0, 0.05) is 19.0 Å². The van der Waals surface area contributed by atoms with E-state index in [1.54, 1.807) is 4.90 Å². The topological polar surface area (TPSA) is 95.9 Å². The van der Waals surface area contributed by atoms with Crippen molar-refractivity contribution in [2.45, 2.75) is 56.9 Å². The summed E-state index contributed by atoms with van der Waals surface area (Å²) in [7, 11) is 0. The van der Waals surface area contributed by atoms with Gasteiger partial charge in [0.2, 0.25) is 5.91 Å². The molecule has 1 fully saturated rings. The molecule has 2 amide bonds. The maximum Gasteiger partial charge on any atom is 0.407 e. The van der Waals surface area contributed by atoms with Crippen molar-refractivity contribution in [1.82, 2.24) is 10.2 Å². The van der Waals surface area contributed by atoms with E-state index in [1.165, 1.54) is 11.1 Å². The first kappa shape index (κ1) is 23.8. The molecule has 0 heterocycles. The molecule has 0 spiro atoms. The van der Waals surface area contributed by atoms with Gasteiger partial charge in [-0.2, -0.15) is 0 Å². The van der Waals surface area contributed by atoms with Crippen molar-refractivity contribution >= 4 is 18.0 Å². The van der Waals surface area contributed by atoms with Gasteiger partial charge >= 0.3 is 12.1 Å². The van der Waals surface area contributed by atoms with E-state index < -0.39 is 17.6 Å². The van der Waals surface area contributed by atoms with Crippen LogP contribution in [0.5, 0.6) is 0 Å². The lowest BCUT2D eigenvalue weighted by Gasteiger charge is -2.32. The summed E-state index contributed by atoms with van der Waals surface area (Å²) in [6.07, 6.45) is 2.83. The Bertz CT molecular complexity index is 1010. The smallest absolute Gasteiger partial charge is 0.407 e. The first-order chi connectivity index (χ1) is 16.4. The average Bonchev–Trinajstić information content (AvgIpc) is 3.40. The number of nitrogens with zero attached hydrogens (tertiary/aromatic N) is 1. The van der Waals surface area contributed by atoms with Crippen molar-refractivity contribution in [3.05, 3.63) is 59.7 Å². The molecule has 4 rings (SSSR count). The summed E-state index contributed by atoms with van der Waals surface area (Å²) in [5.74, 6) is -1.09. The van der Waals surface area contributed by atoms with E-state index in [9.17, 15) is 14.4 Å². The molecule has 0 bridgehead atoms. The third kappa shape index (κ3) is 5.08.